The third kappa shape index (κ3) is 1.35. The lowest BCUT2D eigenvalue weighted by molar-refractivity contribution is -0.116. The molecule has 1 heteroatoms. The molecule has 1 rings (SSSR count). The van der Waals surface area contributed by atoms with Crippen LogP contribution in [0.25, 0.3) is 0 Å². The Bertz CT molecular complexity index is 189. The monoisotopic (exact) mass is 136 g/mol. The van der Waals surface area contributed by atoms with Gasteiger partial charge in [-0.15, -0.1) is 6.58 Å². The van der Waals surface area contributed by atoms with Crippen LogP contribution in [0.5, 0.6) is 0 Å². The van der Waals surface area contributed by atoms with E-state index in [0.29, 0.717) is 12.3 Å². The molecular weight excluding hydrogens is 124 g/mol. The van der Waals surface area contributed by atoms with Crippen molar-refractivity contribution in [3.8, 4) is 0 Å². The van der Waals surface area contributed by atoms with Gasteiger partial charge in [-0.05, 0) is 24.8 Å². The molecule has 10 heavy (non-hydrogen) atoms. The van der Waals surface area contributed by atoms with Crippen molar-refractivity contribution in [1.29, 1.82) is 0 Å². The first-order valence-corrected chi connectivity index (χ1v) is 3.56. The van der Waals surface area contributed by atoms with E-state index in [1.165, 1.54) is 0 Å². The highest BCUT2D eigenvalue weighted by atomic mass is 16.1. The Morgan fingerprint density at radius 3 is 3.00 bits per heavy atom. The van der Waals surface area contributed by atoms with Gasteiger partial charge in [-0.3, -0.25) is 4.79 Å². The fourth-order valence-electron chi connectivity index (χ4n) is 1.10. The van der Waals surface area contributed by atoms with Gasteiger partial charge in [-0.25, -0.2) is 0 Å². The molecule has 1 aliphatic rings. The summed E-state index contributed by atoms with van der Waals surface area (Å²) in [6.07, 6.45) is 5.51. The summed E-state index contributed by atoms with van der Waals surface area (Å²) in [5.74, 6) is 0.660. The van der Waals surface area contributed by atoms with Crippen LogP contribution >= 0.6 is 0 Å². The molecule has 1 aliphatic carbocycles. The number of hydrogen-bond acceptors (Lipinski definition) is 1. The predicted octanol–water partition coefficient (Wildman–Crippen LogP) is 2.10. The topological polar surface area (TPSA) is 17.1 Å². The summed E-state index contributed by atoms with van der Waals surface area (Å²) in [4.78, 5) is 11.0. The summed E-state index contributed by atoms with van der Waals surface area (Å²) in [5.41, 5.74) is 0.915. The maximum atomic E-state index is 11.0. The lowest BCUT2D eigenvalue weighted by Gasteiger charge is -2.14. The Morgan fingerprint density at radius 2 is 2.50 bits per heavy atom. The molecular formula is C9H12O. The number of carbonyl (C=O) groups is 1. The number of rotatable bonds is 1. The Balaban J connectivity index is 2.68. The van der Waals surface area contributed by atoms with Crippen LogP contribution in [0.4, 0.5) is 0 Å². The Labute approximate surface area is 61.4 Å². The van der Waals surface area contributed by atoms with Crippen molar-refractivity contribution in [2.45, 2.75) is 19.8 Å². The van der Waals surface area contributed by atoms with Crippen molar-refractivity contribution >= 4 is 5.78 Å². The molecule has 1 nitrogen and oxygen atoms in total. The first kappa shape index (κ1) is 7.26. The van der Waals surface area contributed by atoms with Crippen LogP contribution in [0.3, 0.4) is 0 Å². The summed E-state index contributed by atoms with van der Waals surface area (Å²) in [5, 5.41) is 0. The summed E-state index contributed by atoms with van der Waals surface area (Å²) in [7, 11) is 0. The Kier molecular flexibility index (Phi) is 2.05. The molecule has 1 atom stereocenters. The van der Waals surface area contributed by atoms with Crippen LogP contribution in [-0.4, -0.2) is 5.78 Å². The molecule has 0 radical (unpaired) electrons. The highest BCUT2D eigenvalue weighted by Gasteiger charge is 2.15. The number of allylic oxidation sites excluding steroid dienone is 3. The van der Waals surface area contributed by atoms with Crippen molar-refractivity contribution < 1.29 is 4.79 Å². The molecule has 0 aromatic heterocycles. The van der Waals surface area contributed by atoms with E-state index in [-0.39, 0.29) is 5.78 Å². The fourth-order valence-corrected chi connectivity index (χ4v) is 1.10. The van der Waals surface area contributed by atoms with E-state index in [2.05, 4.69) is 6.58 Å². The van der Waals surface area contributed by atoms with Crippen molar-refractivity contribution in [3.63, 3.8) is 0 Å². The van der Waals surface area contributed by atoms with E-state index >= 15 is 0 Å². The SMILES string of the molecule is C=CC1CC=C(C)C(=O)C1. The first-order valence-electron chi connectivity index (χ1n) is 3.56. The molecule has 0 aromatic rings. The second kappa shape index (κ2) is 2.82. The van der Waals surface area contributed by atoms with E-state index in [1.807, 2.05) is 19.1 Å². The molecule has 54 valence electrons. The molecule has 1 unspecified atom stereocenters. The van der Waals surface area contributed by atoms with Crippen LogP contribution in [-0.2, 0) is 4.79 Å². The van der Waals surface area contributed by atoms with E-state index in [0.717, 1.165) is 12.0 Å². The zero-order valence-corrected chi connectivity index (χ0v) is 6.26. The molecule has 0 saturated carbocycles. The third-order valence-corrected chi connectivity index (χ3v) is 1.95. The van der Waals surface area contributed by atoms with Crippen molar-refractivity contribution in [1.82, 2.24) is 0 Å². The maximum Gasteiger partial charge on any atom is 0.158 e. The van der Waals surface area contributed by atoms with Gasteiger partial charge in [0.1, 0.15) is 0 Å². The molecule has 0 fully saturated rings. The molecule has 0 N–H and O–H groups in total. The maximum absolute atomic E-state index is 11.0. The minimum atomic E-state index is 0.274. The Hall–Kier alpha value is -0.850. The lowest BCUT2D eigenvalue weighted by atomic mass is 9.89. The summed E-state index contributed by atoms with van der Waals surface area (Å²) in [6, 6.07) is 0. The Morgan fingerprint density at radius 1 is 1.80 bits per heavy atom. The van der Waals surface area contributed by atoms with Crippen molar-refractivity contribution in [2.24, 2.45) is 5.92 Å². The number of carbonyl (C=O) groups excluding carboxylic acids is 1. The molecule has 0 aromatic carbocycles. The normalized spacial score (nSPS) is 25.9. The van der Waals surface area contributed by atoms with Gasteiger partial charge in [0.05, 0.1) is 0 Å². The first-order chi connectivity index (χ1) is 4.74. The summed E-state index contributed by atoms with van der Waals surface area (Å²) in [6.45, 7) is 5.54. The number of Topliss-reactive ketones (excluding diaryl/α,β-unsaturated/α-hetero) is 1. The standard InChI is InChI=1S/C9H12O/c1-3-8-5-4-7(2)9(10)6-8/h3-4,8H,1,5-6H2,2H3. The molecule has 0 spiro atoms. The lowest BCUT2D eigenvalue weighted by Crippen LogP contribution is -2.11. The molecule has 0 amide bonds. The van der Waals surface area contributed by atoms with E-state index < -0.39 is 0 Å². The van der Waals surface area contributed by atoms with Crippen LogP contribution in [0, 0.1) is 5.92 Å². The highest BCUT2D eigenvalue weighted by molar-refractivity contribution is 5.95. The quantitative estimate of drug-likeness (QED) is 0.504. The van der Waals surface area contributed by atoms with E-state index in [1.54, 1.807) is 0 Å². The predicted molar refractivity (Wildman–Crippen MR) is 41.7 cm³/mol. The van der Waals surface area contributed by atoms with Gasteiger partial charge in [-0.1, -0.05) is 12.2 Å². The average molecular weight is 136 g/mol. The van der Waals surface area contributed by atoms with Gasteiger partial charge in [0.2, 0.25) is 0 Å². The second-order valence-electron chi connectivity index (χ2n) is 2.75. The second-order valence-corrected chi connectivity index (χ2v) is 2.75. The van der Waals surface area contributed by atoms with Gasteiger partial charge < -0.3 is 0 Å². The zero-order valence-electron chi connectivity index (χ0n) is 6.26. The van der Waals surface area contributed by atoms with Crippen molar-refractivity contribution in [3.05, 3.63) is 24.3 Å². The summed E-state index contributed by atoms with van der Waals surface area (Å²) < 4.78 is 0. The minimum absolute atomic E-state index is 0.274. The average Bonchev–Trinajstić information content (AvgIpc) is 1.95. The van der Waals surface area contributed by atoms with Crippen LogP contribution in [0.15, 0.2) is 24.3 Å². The molecule has 0 heterocycles. The van der Waals surface area contributed by atoms with Gasteiger partial charge in [0, 0.05) is 6.42 Å². The van der Waals surface area contributed by atoms with Gasteiger partial charge in [0.15, 0.2) is 5.78 Å². The van der Waals surface area contributed by atoms with Crippen LogP contribution < -0.4 is 0 Å². The van der Waals surface area contributed by atoms with E-state index in [4.69, 9.17) is 0 Å². The van der Waals surface area contributed by atoms with Gasteiger partial charge in [-0.2, -0.15) is 0 Å². The largest absolute Gasteiger partial charge is 0.295 e. The summed E-state index contributed by atoms with van der Waals surface area (Å²) >= 11 is 0. The van der Waals surface area contributed by atoms with Crippen LogP contribution in [0.2, 0.25) is 0 Å². The van der Waals surface area contributed by atoms with Gasteiger partial charge >= 0.3 is 0 Å². The minimum Gasteiger partial charge on any atom is -0.295 e. The van der Waals surface area contributed by atoms with Gasteiger partial charge in [0.25, 0.3) is 0 Å². The molecule has 0 aliphatic heterocycles. The highest BCUT2D eigenvalue weighted by Crippen LogP contribution is 2.20. The smallest absolute Gasteiger partial charge is 0.158 e. The molecule has 0 saturated heterocycles. The number of hydrogen-bond donors (Lipinski definition) is 0. The number of ketones is 1. The van der Waals surface area contributed by atoms with Crippen molar-refractivity contribution in [2.75, 3.05) is 0 Å². The molecule has 0 bridgehead atoms. The van der Waals surface area contributed by atoms with Crippen LogP contribution in [0.1, 0.15) is 19.8 Å². The van der Waals surface area contributed by atoms with E-state index in [9.17, 15) is 4.79 Å². The fraction of sp³-hybridized carbons (Fsp3) is 0.444. The third-order valence-electron chi connectivity index (χ3n) is 1.95. The zero-order chi connectivity index (χ0) is 7.56.